The van der Waals surface area contributed by atoms with E-state index in [0.717, 1.165) is 25.8 Å². The number of halogens is 2. The quantitative estimate of drug-likeness (QED) is 0.130. The van der Waals surface area contributed by atoms with Gasteiger partial charge in [-0.15, -0.1) is 0 Å². The summed E-state index contributed by atoms with van der Waals surface area (Å²) in [6.45, 7) is 3.12. The number of rotatable bonds is 7. The highest BCUT2D eigenvalue weighted by Gasteiger charge is 2.26. The topological polar surface area (TPSA) is 126 Å². The van der Waals surface area contributed by atoms with E-state index < -0.39 is 23.4 Å². The fourth-order valence-corrected chi connectivity index (χ4v) is 4.83. The van der Waals surface area contributed by atoms with Crippen molar-refractivity contribution in [2.75, 3.05) is 38.7 Å². The number of hydrogen-bond donors (Lipinski definition) is 2. The van der Waals surface area contributed by atoms with Crippen LogP contribution < -0.4 is 20.8 Å². The first-order valence-corrected chi connectivity index (χ1v) is 13.7. The third-order valence-corrected chi connectivity index (χ3v) is 7.26. The van der Waals surface area contributed by atoms with Crippen LogP contribution in [0.4, 0.5) is 14.6 Å². The van der Waals surface area contributed by atoms with Gasteiger partial charge < -0.3 is 15.9 Å². The Kier molecular flexibility index (Phi) is 9.54. The van der Waals surface area contributed by atoms with Crippen LogP contribution in [0.15, 0.2) is 29.6 Å². The number of carbonyl (C=O) groups excluding carboxylic acids is 2. The van der Waals surface area contributed by atoms with Gasteiger partial charge in [-0.1, -0.05) is 17.7 Å². The predicted octanol–water partition coefficient (Wildman–Crippen LogP) is 3.25. The molecule has 1 saturated carbocycles. The standard InChI is InChI=1S/C27H31F2N7O3S/c1-16(40-24(34-30)8-7-17-5-6-17)33-27(38)20-13-32-23(36-10-4-9-35(2)15-25(36)37)12-18(20)19-11-21(26(28)29)31-14-22(19)39-3/h11-14,16-17,26H,4-6,9-10,15,30H2,1-3H3,(H,33,38)/b34-24-. The van der Waals surface area contributed by atoms with Crippen LogP contribution in [0.3, 0.4) is 0 Å². The molecule has 2 amide bonds. The van der Waals surface area contributed by atoms with Crippen molar-refractivity contribution in [3.8, 4) is 28.7 Å². The van der Waals surface area contributed by atoms with Gasteiger partial charge in [0.25, 0.3) is 12.3 Å². The lowest BCUT2D eigenvalue weighted by atomic mass is 9.99. The number of hydrogen-bond acceptors (Lipinski definition) is 9. The van der Waals surface area contributed by atoms with Crippen LogP contribution in [0.5, 0.6) is 5.75 Å². The van der Waals surface area contributed by atoms with E-state index in [1.165, 1.54) is 42.2 Å². The van der Waals surface area contributed by atoms with Gasteiger partial charge in [0.2, 0.25) is 5.91 Å². The Hall–Kier alpha value is -3.76. The first-order valence-electron chi connectivity index (χ1n) is 12.8. The maximum atomic E-state index is 13.6. The second-order valence-electron chi connectivity index (χ2n) is 9.55. The average Bonchev–Trinajstić information content (AvgIpc) is 3.78. The number of ether oxygens (including phenoxy) is 1. The lowest BCUT2D eigenvalue weighted by molar-refractivity contribution is -0.118. The van der Waals surface area contributed by atoms with Crippen molar-refractivity contribution in [1.29, 1.82) is 0 Å². The molecule has 0 aromatic carbocycles. The maximum Gasteiger partial charge on any atom is 0.280 e. The number of methoxy groups -OCH3 is 1. The summed E-state index contributed by atoms with van der Waals surface area (Å²) in [5, 5.41) is 6.48. The normalized spacial score (nSPS) is 17.2. The van der Waals surface area contributed by atoms with E-state index in [0.29, 0.717) is 23.3 Å². The third-order valence-electron chi connectivity index (χ3n) is 6.36. The van der Waals surface area contributed by atoms with Gasteiger partial charge in [0.15, 0.2) is 5.04 Å². The third kappa shape index (κ3) is 7.25. The second-order valence-corrected chi connectivity index (χ2v) is 10.9. The lowest BCUT2D eigenvalue weighted by Crippen LogP contribution is -2.36. The van der Waals surface area contributed by atoms with Crippen LogP contribution in [0.2, 0.25) is 0 Å². The molecule has 13 heteroatoms. The number of pyridine rings is 2. The van der Waals surface area contributed by atoms with Crippen molar-refractivity contribution >= 4 is 34.4 Å². The number of hydrazone groups is 1. The molecule has 2 aromatic heterocycles. The summed E-state index contributed by atoms with van der Waals surface area (Å²) in [4.78, 5) is 38.1. The van der Waals surface area contributed by atoms with Gasteiger partial charge in [0, 0.05) is 36.3 Å². The maximum absolute atomic E-state index is 13.6. The Morgan fingerprint density at radius 1 is 1.25 bits per heavy atom. The monoisotopic (exact) mass is 571 g/mol. The molecule has 1 aliphatic heterocycles. The minimum atomic E-state index is -2.84. The molecule has 10 nitrogen and oxygen atoms in total. The predicted molar refractivity (Wildman–Crippen MR) is 150 cm³/mol. The summed E-state index contributed by atoms with van der Waals surface area (Å²) in [6.07, 6.45) is 2.52. The molecule has 0 radical (unpaired) electrons. The number of nitrogens with zero attached hydrogens (tertiary/aromatic N) is 5. The summed E-state index contributed by atoms with van der Waals surface area (Å²) >= 11 is 1.19. The molecule has 3 N–H and O–H groups in total. The summed E-state index contributed by atoms with van der Waals surface area (Å²) in [7, 11) is 3.24. The Morgan fingerprint density at radius 3 is 2.70 bits per heavy atom. The van der Waals surface area contributed by atoms with Gasteiger partial charge in [0.1, 0.15) is 17.3 Å². The zero-order valence-electron chi connectivity index (χ0n) is 22.5. The lowest BCUT2D eigenvalue weighted by Gasteiger charge is -2.22. The van der Waals surface area contributed by atoms with Gasteiger partial charge in [-0.05, 0) is 51.3 Å². The smallest absolute Gasteiger partial charge is 0.280 e. The SMILES string of the molecule is COc1cnc(C(F)F)cc1-c1cc(N2CCCN(C)CC2=O)ncc1C(=O)NC(C)S/C(C#CC1CC1)=N\N. The molecule has 1 atom stereocenters. The zero-order valence-corrected chi connectivity index (χ0v) is 23.3. The largest absolute Gasteiger partial charge is 0.494 e. The van der Waals surface area contributed by atoms with Crippen molar-refractivity contribution in [2.24, 2.45) is 16.9 Å². The fraction of sp³-hybridized carbons (Fsp3) is 0.444. The van der Waals surface area contributed by atoms with E-state index in [-0.39, 0.29) is 34.9 Å². The molecule has 3 heterocycles. The van der Waals surface area contributed by atoms with Gasteiger partial charge in [-0.25, -0.2) is 13.8 Å². The zero-order chi connectivity index (χ0) is 28.8. The fourth-order valence-electron chi connectivity index (χ4n) is 4.15. The molecule has 0 spiro atoms. The molecular formula is C27H31F2N7O3S. The number of nitrogens with two attached hydrogens (primary N) is 1. The minimum absolute atomic E-state index is 0.107. The van der Waals surface area contributed by atoms with E-state index in [1.54, 1.807) is 13.0 Å². The highest BCUT2D eigenvalue weighted by atomic mass is 32.2. The van der Waals surface area contributed by atoms with Crippen molar-refractivity contribution in [3.63, 3.8) is 0 Å². The number of alkyl halides is 2. The second kappa shape index (κ2) is 13.1. The number of nitrogens with one attached hydrogen (secondary N) is 1. The average molecular weight is 572 g/mol. The highest BCUT2D eigenvalue weighted by molar-refractivity contribution is 8.15. The summed E-state index contributed by atoms with van der Waals surface area (Å²) < 4.78 is 32.6. The molecule has 2 fully saturated rings. The summed E-state index contributed by atoms with van der Waals surface area (Å²) in [5.74, 6) is 11.7. The number of amides is 2. The molecule has 1 aliphatic carbocycles. The highest BCUT2D eigenvalue weighted by Crippen LogP contribution is 2.36. The van der Waals surface area contributed by atoms with Crippen LogP contribution in [-0.2, 0) is 4.79 Å². The van der Waals surface area contributed by atoms with Gasteiger partial charge in [0.05, 0.1) is 30.8 Å². The first kappa shape index (κ1) is 29.2. The van der Waals surface area contributed by atoms with Crippen molar-refractivity contribution in [3.05, 3.63) is 35.8 Å². The number of carbonyl (C=O) groups is 2. The van der Waals surface area contributed by atoms with E-state index in [4.69, 9.17) is 10.6 Å². The summed E-state index contributed by atoms with van der Waals surface area (Å²) in [5.41, 5.74) is 0.124. The molecule has 2 aromatic rings. The van der Waals surface area contributed by atoms with Crippen LogP contribution in [-0.4, -0.2) is 70.9 Å². The Balaban J connectivity index is 1.70. The molecule has 1 unspecified atom stereocenters. The van der Waals surface area contributed by atoms with E-state index in [2.05, 4.69) is 32.2 Å². The molecule has 0 bridgehead atoms. The van der Waals surface area contributed by atoms with Crippen molar-refractivity contribution in [2.45, 2.75) is 38.0 Å². The van der Waals surface area contributed by atoms with E-state index >= 15 is 0 Å². The van der Waals surface area contributed by atoms with Gasteiger partial charge in [-0.2, -0.15) is 5.10 Å². The van der Waals surface area contributed by atoms with Crippen LogP contribution in [0.1, 0.15) is 48.7 Å². The molecule has 40 heavy (non-hydrogen) atoms. The van der Waals surface area contributed by atoms with Gasteiger partial charge in [-0.3, -0.25) is 24.4 Å². The Morgan fingerprint density at radius 2 is 2.02 bits per heavy atom. The number of likely N-dealkylation sites (N-methyl/N-ethyl adjacent to an activating group) is 1. The number of aromatic nitrogens is 2. The molecule has 212 valence electrons. The van der Waals surface area contributed by atoms with Crippen molar-refractivity contribution < 1.29 is 23.1 Å². The molecule has 2 aliphatic rings. The van der Waals surface area contributed by atoms with Gasteiger partial charge >= 0.3 is 0 Å². The van der Waals surface area contributed by atoms with Crippen LogP contribution >= 0.6 is 11.8 Å². The number of anilines is 1. The van der Waals surface area contributed by atoms with Crippen molar-refractivity contribution in [1.82, 2.24) is 20.2 Å². The van der Waals surface area contributed by atoms with E-state index in [9.17, 15) is 18.4 Å². The Labute approximate surface area is 235 Å². The minimum Gasteiger partial charge on any atom is -0.494 e. The van der Waals surface area contributed by atoms with E-state index in [1.807, 2.05) is 11.9 Å². The van der Waals surface area contributed by atoms with Crippen LogP contribution in [0.25, 0.3) is 11.1 Å². The first-order chi connectivity index (χ1) is 19.2. The molecular weight excluding hydrogens is 540 g/mol. The number of thioether (sulfide) groups is 1. The van der Waals surface area contributed by atoms with Crippen LogP contribution in [0, 0.1) is 17.8 Å². The molecule has 1 saturated heterocycles. The summed E-state index contributed by atoms with van der Waals surface area (Å²) in [6, 6.07) is 2.74. The Bertz CT molecular complexity index is 1360. The molecule has 4 rings (SSSR count).